The number of piperidine rings is 1. The third-order valence-electron chi connectivity index (χ3n) is 5.72. The maximum atomic E-state index is 12.7. The zero-order chi connectivity index (χ0) is 21.4. The smallest absolute Gasteiger partial charge is 0.356 e. The van der Waals surface area contributed by atoms with Crippen molar-refractivity contribution >= 4 is 11.8 Å². The average molecular weight is 412 g/mol. The fourth-order valence-electron chi connectivity index (χ4n) is 3.66. The minimum atomic E-state index is -4.42. The van der Waals surface area contributed by atoms with E-state index in [0.29, 0.717) is 38.4 Å². The summed E-state index contributed by atoms with van der Waals surface area (Å²) in [6.45, 7) is 5.86. The van der Waals surface area contributed by atoms with Crippen LogP contribution in [0.5, 0.6) is 0 Å². The van der Waals surface area contributed by atoms with Crippen LogP contribution in [0.15, 0.2) is 24.3 Å². The molecule has 1 aliphatic rings. The van der Waals surface area contributed by atoms with Crippen molar-refractivity contribution in [3.63, 3.8) is 0 Å². The van der Waals surface area contributed by atoms with Crippen molar-refractivity contribution in [2.75, 3.05) is 19.6 Å². The van der Waals surface area contributed by atoms with Gasteiger partial charge in [-0.1, -0.05) is 33.1 Å². The molecule has 1 aliphatic heterocycles. The lowest BCUT2D eigenvalue weighted by Crippen LogP contribution is -2.43. The van der Waals surface area contributed by atoms with Gasteiger partial charge in [-0.05, 0) is 49.4 Å². The van der Waals surface area contributed by atoms with Gasteiger partial charge in [0.05, 0.1) is 5.56 Å². The van der Waals surface area contributed by atoms with E-state index in [2.05, 4.69) is 19.2 Å². The molecule has 0 bridgehead atoms. The number of alkyl halides is 3. The lowest BCUT2D eigenvalue weighted by molar-refractivity contribution is -0.137. The Morgan fingerprint density at radius 1 is 1.14 bits per heavy atom. The Morgan fingerprint density at radius 3 is 2.28 bits per heavy atom. The van der Waals surface area contributed by atoms with E-state index in [1.54, 1.807) is 4.90 Å². The summed E-state index contributed by atoms with van der Waals surface area (Å²) in [7, 11) is 0. The topological polar surface area (TPSA) is 49.4 Å². The number of nitrogens with one attached hydrogen (secondary N) is 1. The lowest BCUT2D eigenvalue weighted by Gasteiger charge is -2.31. The van der Waals surface area contributed by atoms with Crippen molar-refractivity contribution in [1.82, 2.24) is 10.2 Å². The maximum absolute atomic E-state index is 12.7. The number of likely N-dealkylation sites (tertiary alicyclic amines) is 1. The Kier molecular flexibility index (Phi) is 8.53. The highest BCUT2D eigenvalue weighted by Gasteiger charge is 2.31. The molecule has 0 saturated carbocycles. The van der Waals surface area contributed by atoms with Crippen LogP contribution < -0.4 is 5.32 Å². The van der Waals surface area contributed by atoms with Crippen molar-refractivity contribution in [2.24, 2.45) is 11.8 Å². The Morgan fingerprint density at radius 2 is 1.76 bits per heavy atom. The molecule has 1 atom stereocenters. The van der Waals surface area contributed by atoms with Gasteiger partial charge in [0.15, 0.2) is 0 Å². The van der Waals surface area contributed by atoms with Crippen molar-refractivity contribution in [1.29, 1.82) is 0 Å². The summed E-state index contributed by atoms with van der Waals surface area (Å²) in [5.74, 6) is 0.139. The summed E-state index contributed by atoms with van der Waals surface area (Å²) in [5.41, 5.74) is -0.531. The van der Waals surface area contributed by atoms with Gasteiger partial charge in [-0.15, -0.1) is 0 Å². The number of carbonyl (C=O) groups excluding carboxylic acids is 2. The Labute approximate surface area is 170 Å². The zero-order valence-corrected chi connectivity index (χ0v) is 17.2. The molecule has 2 rings (SSSR count). The summed E-state index contributed by atoms with van der Waals surface area (Å²) in [5, 5.41) is 3.06. The number of hydrogen-bond donors (Lipinski definition) is 1. The molecule has 4 nitrogen and oxygen atoms in total. The normalized spacial score (nSPS) is 16.5. The molecule has 162 valence electrons. The minimum Gasteiger partial charge on any atom is -0.356 e. The highest BCUT2D eigenvalue weighted by atomic mass is 19.4. The Balaban J connectivity index is 1.82. The molecule has 2 amide bonds. The number of unbranched alkanes of at least 4 members (excludes halogenated alkanes) is 1. The molecule has 0 aliphatic carbocycles. The first kappa shape index (κ1) is 23.2. The average Bonchev–Trinajstić information content (AvgIpc) is 2.72. The second kappa shape index (κ2) is 10.6. The minimum absolute atomic E-state index is 0.0431. The molecule has 7 heteroatoms. The number of hydrogen-bond acceptors (Lipinski definition) is 2. The third kappa shape index (κ3) is 6.75. The Bertz CT molecular complexity index is 666. The van der Waals surface area contributed by atoms with Crippen LogP contribution in [0.2, 0.25) is 0 Å². The molecule has 1 saturated heterocycles. The molecular weight excluding hydrogens is 381 g/mol. The van der Waals surface area contributed by atoms with E-state index in [1.165, 1.54) is 18.6 Å². The summed E-state index contributed by atoms with van der Waals surface area (Å²) in [6.07, 6.45) is 1.21. The molecule has 29 heavy (non-hydrogen) atoms. The second-order valence-corrected chi connectivity index (χ2v) is 7.80. The maximum Gasteiger partial charge on any atom is 0.416 e. The van der Waals surface area contributed by atoms with Gasteiger partial charge < -0.3 is 10.2 Å². The molecular formula is C22H31F3N2O2. The van der Waals surface area contributed by atoms with Crippen LogP contribution in [-0.4, -0.2) is 36.3 Å². The molecule has 0 spiro atoms. The largest absolute Gasteiger partial charge is 0.416 e. The van der Waals surface area contributed by atoms with E-state index < -0.39 is 11.7 Å². The zero-order valence-electron chi connectivity index (χ0n) is 17.2. The number of rotatable bonds is 8. The van der Waals surface area contributed by atoms with Gasteiger partial charge in [0.25, 0.3) is 5.91 Å². The van der Waals surface area contributed by atoms with Gasteiger partial charge in [-0.25, -0.2) is 0 Å². The molecule has 1 aromatic rings. The standard InChI is InChI=1S/C22H31F3N2O2/c1-3-5-6-16(4-2)15-26-20(28)17-11-13-27(14-12-17)21(29)18-7-9-19(10-8-18)22(23,24)25/h7-10,16-17H,3-6,11-15H2,1-2H3,(H,26,28). The van der Waals surface area contributed by atoms with Gasteiger partial charge >= 0.3 is 6.18 Å². The van der Waals surface area contributed by atoms with E-state index in [0.717, 1.165) is 31.4 Å². The fraction of sp³-hybridized carbons (Fsp3) is 0.636. The van der Waals surface area contributed by atoms with Crippen molar-refractivity contribution in [3.05, 3.63) is 35.4 Å². The first-order valence-corrected chi connectivity index (χ1v) is 10.5. The van der Waals surface area contributed by atoms with Crippen LogP contribution in [0, 0.1) is 11.8 Å². The van der Waals surface area contributed by atoms with Crippen LogP contribution in [0.3, 0.4) is 0 Å². The van der Waals surface area contributed by atoms with E-state index in [1.807, 2.05) is 0 Å². The van der Waals surface area contributed by atoms with E-state index in [4.69, 9.17) is 0 Å². The fourth-order valence-corrected chi connectivity index (χ4v) is 3.66. The van der Waals surface area contributed by atoms with Crippen molar-refractivity contribution < 1.29 is 22.8 Å². The van der Waals surface area contributed by atoms with Gasteiger partial charge in [0.2, 0.25) is 5.91 Å². The van der Waals surface area contributed by atoms with Crippen LogP contribution in [0.25, 0.3) is 0 Å². The van der Waals surface area contributed by atoms with E-state index in [9.17, 15) is 22.8 Å². The highest BCUT2D eigenvalue weighted by molar-refractivity contribution is 5.94. The number of nitrogens with zero attached hydrogens (tertiary/aromatic N) is 1. The summed E-state index contributed by atoms with van der Waals surface area (Å²) < 4.78 is 38.0. The number of benzene rings is 1. The van der Waals surface area contributed by atoms with Crippen LogP contribution >= 0.6 is 0 Å². The highest BCUT2D eigenvalue weighted by Crippen LogP contribution is 2.29. The second-order valence-electron chi connectivity index (χ2n) is 7.80. The van der Waals surface area contributed by atoms with E-state index >= 15 is 0 Å². The van der Waals surface area contributed by atoms with Gasteiger partial charge in [-0.2, -0.15) is 13.2 Å². The van der Waals surface area contributed by atoms with Gasteiger partial charge in [-0.3, -0.25) is 9.59 Å². The third-order valence-corrected chi connectivity index (χ3v) is 5.72. The summed E-state index contributed by atoms with van der Waals surface area (Å²) in [4.78, 5) is 26.6. The molecule has 1 aromatic carbocycles. The first-order chi connectivity index (χ1) is 13.8. The van der Waals surface area contributed by atoms with Crippen LogP contribution in [0.1, 0.15) is 68.3 Å². The Hall–Kier alpha value is -2.05. The first-order valence-electron chi connectivity index (χ1n) is 10.5. The molecule has 1 fully saturated rings. The number of amides is 2. The SMILES string of the molecule is CCCCC(CC)CNC(=O)C1CCN(C(=O)c2ccc(C(F)(F)F)cc2)CC1. The van der Waals surface area contributed by atoms with Crippen LogP contribution in [0.4, 0.5) is 13.2 Å². The predicted molar refractivity (Wildman–Crippen MR) is 106 cm³/mol. The molecule has 1 unspecified atom stereocenters. The number of halogens is 3. The van der Waals surface area contributed by atoms with Gasteiger partial charge in [0, 0.05) is 31.1 Å². The lowest BCUT2D eigenvalue weighted by atomic mass is 9.94. The monoisotopic (exact) mass is 412 g/mol. The van der Waals surface area contributed by atoms with Crippen molar-refractivity contribution in [3.8, 4) is 0 Å². The molecule has 0 aromatic heterocycles. The molecule has 1 heterocycles. The molecule has 1 N–H and O–H groups in total. The van der Waals surface area contributed by atoms with E-state index in [-0.39, 0.29) is 23.3 Å². The van der Waals surface area contributed by atoms with Crippen LogP contribution in [-0.2, 0) is 11.0 Å². The summed E-state index contributed by atoms with van der Waals surface area (Å²) >= 11 is 0. The molecule has 0 radical (unpaired) electrons. The number of carbonyl (C=O) groups is 2. The summed E-state index contributed by atoms with van der Waals surface area (Å²) in [6, 6.07) is 4.28. The van der Waals surface area contributed by atoms with Crippen molar-refractivity contribution in [2.45, 2.75) is 58.5 Å². The van der Waals surface area contributed by atoms with Gasteiger partial charge in [0.1, 0.15) is 0 Å². The quantitative estimate of drug-likeness (QED) is 0.661. The predicted octanol–water partition coefficient (Wildman–Crippen LogP) is 4.89.